The molecule has 2 aromatic rings. The zero-order valence-electron chi connectivity index (χ0n) is 9.66. The molecule has 0 aliphatic rings. The molecule has 5 nitrogen and oxygen atoms in total. The molecule has 0 atom stereocenters. The van der Waals surface area contributed by atoms with E-state index in [0.717, 1.165) is 0 Å². The van der Waals surface area contributed by atoms with Crippen molar-refractivity contribution in [1.29, 1.82) is 0 Å². The molecule has 1 heterocycles. The molecule has 1 N–H and O–H groups in total. The molecule has 0 aliphatic heterocycles. The monoisotopic (exact) mass is 245 g/mol. The van der Waals surface area contributed by atoms with Gasteiger partial charge in [0.05, 0.1) is 18.9 Å². The molecule has 2 rings (SSSR count). The lowest BCUT2D eigenvalue weighted by Crippen LogP contribution is -1.97. The zero-order valence-corrected chi connectivity index (χ0v) is 9.66. The van der Waals surface area contributed by atoms with Crippen LogP contribution < -0.4 is 9.47 Å². The molecule has 0 amide bonds. The number of benzene rings is 1. The van der Waals surface area contributed by atoms with Crippen LogP contribution in [0.3, 0.4) is 0 Å². The van der Waals surface area contributed by atoms with Gasteiger partial charge in [-0.2, -0.15) is 0 Å². The van der Waals surface area contributed by atoms with Gasteiger partial charge in [0.25, 0.3) is 0 Å². The molecular weight excluding hydrogens is 234 g/mol. The van der Waals surface area contributed by atoms with Crippen molar-refractivity contribution < 1.29 is 19.4 Å². The van der Waals surface area contributed by atoms with Gasteiger partial charge in [-0.3, -0.25) is 4.98 Å². The third kappa shape index (κ3) is 2.76. The molecule has 0 unspecified atom stereocenters. The molecule has 18 heavy (non-hydrogen) atoms. The Kier molecular flexibility index (Phi) is 3.43. The highest BCUT2D eigenvalue weighted by molar-refractivity contribution is 5.87. The summed E-state index contributed by atoms with van der Waals surface area (Å²) in [5, 5.41) is 8.84. The Morgan fingerprint density at radius 1 is 1.17 bits per heavy atom. The topological polar surface area (TPSA) is 68.7 Å². The molecule has 92 valence electrons. The molecule has 0 radical (unpaired) electrons. The minimum absolute atomic E-state index is 0.0791. The van der Waals surface area contributed by atoms with E-state index < -0.39 is 5.97 Å². The first-order valence-electron chi connectivity index (χ1n) is 5.19. The second kappa shape index (κ2) is 5.18. The maximum atomic E-state index is 10.8. The summed E-state index contributed by atoms with van der Waals surface area (Å²) in [4.78, 5) is 14.6. The number of hydrogen-bond acceptors (Lipinski definition) is 4. The summed E-state index contributed by atoms with van der Waals surface area (Å²) in [6.45, 7) is 0. The van der Waals surface area contributed by atoms with Gasteiger partial charge in [-0.15, -0.1) is 0 Å². The van der Waals surface area contributed by atoms with Crippen LogP contribution in [0, 0.1) is 0 Å². The number of carbonyl (C=O) groups is 1. The largest absolute Gasteiger partial charge is 0.497 e. The molecule has 1 aromatic carbocycles. The summed E-state index contributed by atoms with van der Waals surface area (Å²) in [6.07, 6.45) is 2.71. The lowest BCUT2D eigenvalue weighted by Gasteiger charge is -2.07. The number of hydrogen-bond donors (Lipinski definition) is 1. The minimum atomic E-state index is -1.04. The first kappa shape index (κ1) is 11.9. The SMILES string of the molecule is COc1cccc(Oc2cncc(C(=O)O)c2)c1. The Morgan fingerprint density at radius 2 is 1.94 bits per heavy atom. The first-order valence-corrected chi connectivity index (χ1v) is 5.19. The van der Waals surface area contributed by atoms with Gasteiger partial charge in [-0.05, 0) is 18.2 Å². The van der Waals surface area contributed by atoms with Crippen molar-refractivity contribution >= 4 is 5.97 Å². The van der Waals surface area contributed by atoms with Crippen molar-refractivity contribution in [2.45, 2.75) is 0 Å². The molecule has 0 saturated carbocycles. The molecule has 5 heteroatoms. The van der Waals surface area contributed by atoms with Gasteiger partial charge in [-0.25, -0.2) is 4.79 Å². The van der Waals surface area contributed by atoms with Crippen LogP contribution in [0.5, 0.6) is 17.2 Å². The van der Waals surface area contributed by atoms with Gasteiger partial charge in [0.15, 0.2) is 0 Å². The normalized spacial score (nSPS) is 9.83. The van der Waals surface area contributed by atoms with Crippen molar-refractivity contribution in [3.8, 4) is 17.2 Å². The van der Waals surface area contributed by atoms with Crippen molar-refractivity contribution in [1.82, 2.24) is 4.98 Å². The van der Waals surface area contributed by atoms with Crippen LogP contribution in [0.1, 0.15) is 10.4 Å². The average molecular weight is 245 g/mol. The van der Waals surface area contributed by atoms with Gasteiger partial charge in [-0.1, -0.05) is 6.07 Å². The van der Waals surface area contributed by atoms with Crippen molar-refractivity contribution in [3.05, 3.63) is 48.3 Å². The summed E-state index contributed by atoms with van der Waals surface area (Å²) < 4.78 is 10.6. The van der Waals surface area contributed by atoms with E-state index in [1.165, 1.54) is 18.5 Å². The average Bonchev–Trinajstić information content (AvgIpc) is 2.39. The smallest absolute Gasteiger partial charge is 0.337 e. The van der Waals surface area contributed by atoms with Crippen LogP contribution in [0.2, 0.25) is 0 Å². The lowest BCUT2D eigenvalue weighted by atomic mass is 10.3. The van der Waals surface area contributed by atoms with E-state index in [0.29, 0.717) is 17.2 Å². The third-order valence-corrected chi connectivity index (χ3v) is 2.24. The van der Waals surface area contributed by atoms with Crippen LogP contribution in [0.4, 0.5) is 0 Å². The predicted octanol–water partition coefficient (Wildman–Crippen LogP) is 2.58. The van der Waals surface area contributed by atoms with E-state index in [1.54, 1.807) is 31.4 Å². The highest BCUT2D eigenvalue weighted by atomic mass is 16.5. The summed E-state index contributed by atoms with van der Waals surface area (Å²) in [5.74, 6) is 0.537. The number of rotatable bonds is 4. The quantitative estimate of drug-likeness (QED) is 0.896. The van der Waals surface area contributed by atoms with E-state index in [4.69, 9.17) is 14.6 Å². The highest BCUT2D eigenvalue weighted by Crippen LogP contribution is 2.24. The fourth-order valence-corrected chi connectivity index (χ4v) is 1.39. The van der Waals surface area contributed by atoms with Gasteiger partial charge in [0.2, 0.25) is 0 Å². The number of ether oxygens (including phenoxy) is 2. The van der Waals surface area contributed by atoms with Crippen LogP contribution >= 0.6 is 0 Å². The molecular formula is C13H11NO4. The maximum Gasteiger partial charge on any atom is 0.337 e. The number of carboxylic acid groups (broad SMARTS) is 1. The highest BCUT2D eigenvalue weighted by Gasteiger charge is 2.06. The second-order valence-corrected chi connectivity index (χ2v) is 3.50. The van der Waals surface area contributed by atoms with Crippen molar-refractivity contribution in [2.75, 3.05) is 7.11 Å². The number of methoxy groups -OCH3 is 1. The molecule has 0 bridgehead atoms. The maximum absolute atomic E-state index is 10.8. The molecule has 0 fully saturated rings. The molecule has 0 spiro atoms. The Morgan fingerprint density at radius 3 is 2.67 bits per heavy atom. The summed E-state index contributed by atoms with van der Waals surface area (Å²) >= 11 is 0. The Bertz CT molecular complexity index is 568. The van der Waals surface area contributed by atoms with E-state index >= 15 is 0 Å². The predicted molar refractivity (Wildman–Crippen MR) is 64.3 cm³/mol. The van der Waals surface area contributed by atoms with Crippen LogP contribution in [0.25, 0.3) is 0 Å². The number of aromatic carboxylic acids is 1. The van der Waals surface area contributed by atoms with Crippen LogP contribution in [-0.4, -0.2) is 23.2 Å². The standard InChI is InChI=1S/C13H11NO4/c1-17-10-3-2-4-11(6-10)18-12-5-9(13(15)16)7-14-8-12/h2-8H,1H3,(H,15,16). The van der Waals surface area contributed by atoms with Crippen molar-refractivity contribution in [3.63, 3.8) is 0 Å². The number of carboxylic acids is 1. The van der Waals surface area contributed by atoms with E-state index in [1.807, 2.05) is 0 Å². The zero-order chi connectivity index (χ0) is 13.0. The van der Waals surface area contributed by atoms with Gasteiger partial charge < -0.3 is 14.6 Å². The van der Waals surface area contributed by atoms with E-state index in [9.17, 15) is 4.79 Å². The third-order valence-electron chi connectivity index (χ3n) is 2.24. The summed E-state index contributed by atoms with van der Waals surface area (Å²) in [5.41, 5.74) is 0.0791. The molecule has 0 aliphatic carbocycles. The number of nitrogens with zero attached hydrogens (tertiary/aromatic N) is 1. The summed E-state index contributed by atoms with van der Waals surface area (Å²) in [7, 11) is 1.56. The van der Waals surface area contributed by atoms with Gasteiger partial charge in [0.1, 0.15) is 17.2 Å². The van der Waals surface area contributed by atoms with Gasteiger partial charge in [0, 0.05) is 12.3 Å². The van der Waals surface area contributed by atoms with E-state index in [-0.39, 0.29) is 5.56 Å². The summed E-state index contributed by atoms with van der Waals surface area (Å²) in [6, 6.07) is 8.43. The second-order valence-electron chi connectivity index (χ2n) is 3.50. The Hall–Kier alpha value is -2.56. The molecule has 0 saturated heterocycles. The number of pyridine rings is 1. The lowest BCUT2D eigenvalue weighted by molar-refractivity contribution is 0.0696. The minimum Gasteiger partial charge on any atom is -0.497 e. The van der Waals surface area contributed by atoms with Crippen LogP contribution in [-0.2, 0) is 0 Å². The fourth-order valence-electron chi connectivity index (χ4n) is 1.39. The van der Waals surface area contributed by atoms with Gasteiger partial charge >= 0.3 is 5.97 Å². The van der Waals surface area contributed by atoms with E-state index in [2.05, 4.69) is 4.98 Å². The number of aromatic nitrogens is 1. The first-order chi connectivity index (χ1) is 8.69. The van der Waals surface area contributed by atoms with Crippen LogP contribution in [0.15, 0.2) is 42.7 Å². The molecule has 1 aromatic heterocycles. The Balaban J connectivity index is 2.22. The Labute approximate surface area is 104 Å². The fraction of sp³-hybridized carbons (Fsp3) is 0.0769. The van der Waals surface area contributed by atoms with Crippen molar-refractivity contribution in [2.24, 2.45) is 0 Å².